The molecule has 1 atom stereocenters. The standard InChI is InChI=1S/C13H17ClF3N3/c1-18-6-9-3-2-4-20(8-9)12-11(14)5-10(7-19-12)13(15,16)17/h5,7,9,18H,2-4,6,8H2,1H3. The van der Waals surface area contributed by atoms with Gasteiger partial charge in [0.05, 0.1) is 10.6 Å². The number of halogens is 4. The zero-order valence-electron chi connectivity index (χ0n) is 11.2. The molecule has 2 heterocycles. The lowest BCUT2D eigenvalue weighted by atomic mass is 9.98. The maximum Gasteiger partial charge on any atom is 0.417 e. The maximum absolute atomic E-state index is 12.6. The summed E-state index contributed by atoms with van der Waals surface area (Å²) in [4.78, 5) is 5.88. The Balaban J connectivity index is 2.16. The Labute approximate surface area is 121 Å². The molecule has 0 aromatic carbocycles. The van der Waals surface area contributed by atoms with Crippen LogP contribution in [0.15, 0.2) is 12.3 Å². The molecule has 3 nitrogen and oxygen atoms in total. The van der Waals surface area contributed by atoms with Gasteiger partial charge in [-0.15, -0.1) is 0 Å². The summed E-state index contributed by atoms with van der Waals surface area (Å²) in [6.07, 6.45) is -1.46. The van der Waals surface area contributed by atoms with E-state index in [-0.39, 0.29) is 5.02 Å². The first-order chi connectivity index (χ1) is 9.41. The van der Waals surface area contributed by atoms with Crippen molar-refractivity contribution >= 4 is 17.4 Å². The van der Waals surface area contributed by atoms with Crippen LogP contribution in [0.25, 0.3) is 0 Å². The molecule has 1 fully saturated rings. The average Bonchev–Trinajstić information content (AvgIpc) is 2.38. The number of alkyl halides is 3. The molecule has 0 bridgehead atoms. The quantitative estimate of drug-likeness (QED) is 0.929. The number of hydrogen-bond acceptors (Lipinski definition) is 3. The van der Waals surface area contributed by atoms with Gasteiger partial charge < -0.3 is 10.2 Å². The molecule has 1 aliphatic rings. The number of nitrogens with zero attached hydrogens (tertiary/aromatic N) is 2. The first-order valence-corrected chi connectivity index (χ1v) is 6.92. The third kappa shape index (κ3) is 3.55. The van der Waals surface area contributed by atoms with Gasteiger partial charge in [0.1, 0.15) is 5.82 Å². The van der Waals surface area contributed by atoms with Gasteiger partial charge in [-0.1, -0.05) is 11.6 Å². The van der Waals surface area contributed by atoms with Gasteiger partial charge in [0.25, 0.3) is 0 Å². The van der Waals surface area contributed by atoms with Crippen molar-refractivity contribution in [1.29, 1.82) is 0 Å². The Bertz CT molecular complexity index is 463. The third-order valence-electron chi connectivity index (χ3n) is 3.46. The van der Waals surface area contributed by atoms with E-state index in [1.54, 1.807) is 0 Å². The molecule has 1 aromatic rings. The summed E-state index contributed by atoms with van der Waals surface area (Å²) in [5.41, 5.74) is -0.810. The van der Waals surface area contributed by atoms with Gasteiger partial charge in [-0.25, -0.2) is 4.98 Å². The zero-order chi connectivity index (χ0) is 14.8. The Kier molecular flexibility index (Phi) is 4.75. The first kappa shape index (κ1) is 15.4. The molecule has 1 aromatic heterocycles. The van der Waals surface area contributed by atoms with Crippen molar-refractivity contribution in [3.8, 4) is 0 Å². The van der Waals surface area contributed by atoms with Gasteiger partial charge in [-0.2, -0.15) is 13.2 Å². The Morgan fingerprint density at radius 2 is 2.25 bits per heavy atom. The first-order valence-electron chi connectivity index (χ1n) is 6.54. The van der Waals surface area contributed by atoms with Crippen LogP contribution in [0.5, 0.6) is 0 Å². The van der Waals surface area contributed by atoms with Crippen molar-refractivity contribution < 1.29 is 13.2 Å². The summed E-state index contributed by atoms with van der Waals surface area (Å²) in [6.45, 7) is 2.42. The summed E-state index contributed by atoms with van der Waals surface area (Å²) in [6, 6.07) is 0.950. The minimum Gasteiger partial charge on any atom is -0.355 e. The van der Waals surface area contributed by atoms with Gasteiger partial charge in [0, 0.05) is 19.3 Å². The van der Waals surface area contributed by atoms with E-state index >= 15 is 0 Å². The lowest BCUT2D eigenvalue weighted by Gasteiger charge is -2.34. The number of anilines is 1. The number of pyridine rings is 1. The highest BCUT2D eigenvalue weighted by molar-refractivity contribution is 6.33. The highest BCUT2D eigenvalue weighted by Gasteiger charge is 2.32. The Hall–Kier alpha value is -1.01. The molecule has 7 heteroatoms. The maximum atomic E-state index is 12.6. The predicted molar refractivity (Wildman–Crippen MR) is 73.1 cm³/mol. The molecule has 0 radical (unpaired) electrons. The van der Waals surface area contributed by atoms with E-state index in [4.69, 9.17) is 11.6 Å². The number of nitrogens with one attached hydrogen (secondary N) is 1. The molecule has 0 saturated carbocycles. The van der Waals surface area contributed by atoms with Crippen LogP contribution in [0.2, 0.25) is 5.02 Å². The van der Waals surface area contributed by atoms with Gasteiger partial charge in [0.2, 0.25) is 0 Å². The molecule has 20 heavy (non-hydrogen) atoms. The van der Waals surface area contributed by atoms with E-state index in [0.29, 0.717) is 11.7 Å². The fourth-order valence-electron chi connectivity index (χ4n) is 2.53. The van der Waals surface area contributed by atoms with Crippen LogP contribution in [0.4, 0.5) is 19.0 Å². The minimum absolute atomic E-state index is 0.0601. The Morgan fingerprint density at radius 3 is 2.85 bits per heavy atom. The second-order valence-electron chi connectivity index (χ2n) is 5.04. The molecule has 2 rings (SSSR count). The number of piperidine rings is 1. The van der Waals surface area contributed by atoms with Gasteiger partial charge in [-0.3, -0.25) is 0 Å². The van der Waals surface area contributed by atoms with Crippen LogP contribution >= 0.6 is 11.6 Å². The largest absolute Gasteiger partial charge is 0.417 e. The predicted octanol–water partition coefficient (Wildman–Crippen LogP) is 3.19. The fraction of sp³-hybridized carbons (Fsp3) is 0.615. The zero-order valence-corrected chi connectivity index (χ0v) is 11.9. The molecule has 1 unspecified atom stereocenters. The molecule has 0 aliphatic carbocycles. The molecular weight excluding hydrogens is 291 g/mol. The second-order valence-corrected chi connectivity index (χ2v) is 5.45. The lowest BCUT2D eigenvalue weighted by molar-refractivity contribution is -0.137. The molecule has 0 amide bonds. The number of hydrogen-bond donors (Lipinski definition) is 1. The second kappa shape index (κ2) is 6.18. The SMILES string of the molecule is CNCC1CCCN(c2ncc(C(F)(F)F)cc2Cl)C1. The molecular formula is C13H17ClF3N3. The summed E-state index contributed by atoms with van der Waals surface area (Å²) < 4.78 is 37.8. The highest BCUT2D eigenvalue weighted by atomic mass is 35.5. The third-order valence-corrected chi connectivity index (χ3v) is 3.74. The highest BCUT2D eigenvalue weighted by Crippen LogP contribution is 2.34. The van der Waals surface area contributed by atoms with Crippen molar-refractivity contribution in [2.45, 2.75) is 19.0 Å². The Morgan fingerprint density at radius 1 is 1.50 bits per heavy atom. The van der Waals surface area contributed by atoms with Gasteiger partial charge in [-0.05, 0) is 38.4 Å². The number of rotatable bonds is 3. The van der Waals surface area contributed by atoms with Crippen molar-refractivity contribution in [2.75, 3.05) is 31.6 Å². The van der Waals surface area contributed by atoms with E-state index in [2.05, 4.69) is 10.3 Å². The van der Waals surface area contributed by atoms with Crippen LogP contribution in [-0.2, 0) is 6.18 Å². The van der Waals surface area contributed by atoms with Crippen LogP contribution in [-0.4, -0.2) is 31.7 Å². The van der Waals surface area contributed by atoms with Gasteiger partial charge in [0.15, 0.2) is 0 Å². The van der Waals surface area contributed by atoms with E-state index in [1.165, 1.54) is 0 Å². The lowest BCUT2D eigenvalue weighted by Crippen LogP contribution is -2.39. The average molecular weight is 308 g/mol. The molecule has 1 saturated heterocycles. The summed E-state index contributed by atoms with van der Waals surface area (Å²) in [7, 11) is 1.89. The van der Waals surface area contributed by atoms with Crippen molar-refractivity contribution in [3.05, 3.63) is 22.8 Å². The van der Waals surface area contributed by atoms with Crippen LogP contribution in [0.3, 0.4) is 0 Å². The van der Waals surface area contributed by atoms with Crippen LogP contribution < -0.4 is 10.2 Å². The summed E-state index contributed by atoms with van der Waals surface area (Å²) in [5, 5.41) is 3.18. The van der Waals surface area contributed by atoms with E-state index in [9.17, 15) is 13.2 Å². The van der Waals surface area contributed by atoms with Crippen molar-refractivity contribution in [1.82, 2.24) is 10.3 Å². The van der Waals surface area contributed by atoms with Crippen LogP contribution in [0, 0.1) is 5.92 Å². The molecule has 112 valence electrons. The molecule has 0 spiro atoms. The van der Waals surface area contributed by atoms with Crippen LogP contribution in [0.1, 0.15) is 18.4 Å². The summed E-state index contributed by atoms with van der Waals surface area (Å²) >= 11 is 5.97. The van der Waals surface area contributed by atoms with E-state index in [0.717, 1.165) is 44.7 Å². The van der Waals surface area contributed by atoms with Gasteiger partial charge >= 0.3 is 6.18 Å². The summed E-state index contributed by atoms with van der Waals surface area (Å²) in [5.74, 6) is 0.911. The van der Waals surface area contributed by atoms with Crippen molar-refractivity contribution in [2.24, 2.45) is 5.92 Å². The van der Waals surface area contributed by atoms with Crippen molar-refractivity contribution in [3.63, 3.8) is 0 Å². The molecule has 1 N–H and O–H groups in total. The smallest absolute Gasteiger partial charge is 0.355 e. The topological polar surface area (TPSA) is 28.2 Å². The normalized spacial score (nSPS) is 20.2. The monoisotopic (exact) mass is 307 g/mol. The molecule has 1 aliphatic heterocycles. The van der Waals surface area contributed by atoms with E-state index < -0.39 is 11.7 Å². The minimum atomic E-state index is -4.41. The fourth-order valence-corrected chi connectivity index (χ4v) is 2.82. The number of aromatic nitrogens is 1. The van der Waals surface area contributed by atoms with E-state index in [1.807, 2.05) is 11.9 Å².